The summed E-state index contributed by atoms with van der Waals surface area (Å²) in [4.78, 5) is 12.8. The average molecular weight is 286 g/mol. The molecular formula is C13H8BrN3. The molecule has 0 aromatic carbocycles. The van der Waals surface area contributed by atoms with Crippen LogP contribution in [0.3, 0.4) is 0 Å². The van der Waals surface area contributed by atoms with Gasteiger partial charge in [-0.05, 0) is 46.3 Å². The Kier molecular flexibility index (Phi) is 2.57. The van der Waals surface area contributed by atoms with Gasteiger partial charge in [-0.15, -0.1) is 0 Å². The molecule has 3 aromatic rings. The van der Waals surface area contributed by atoms with Gasteiger partial charge < -0.3 is 0 Å². The van der Waals surface area contributed by atoms with Gasteiger partial charge in [-0.1, -0.05) is 0 Å². The van der Waals surface area contributed by atoms with E-state index >= 15 is 0 Å². The molecule has 0 atom stereocenters. The molecule has 17 heavy (non-hydrogen) atoms. The van der Waals surface area contributed by atoms with Crippen molar-refractivity contribution in [2.45, 2.75) is 0 Å². The Morgan fingerprint density at radius 3 is 2.65 bits per heavy atom. The van der Waals surface area contributed by atoms with Crippen LogP contribution in [0.4, 0.5) is 0 Å². The van der Waals surface area contributed by atoms with Crippen molar-refractivity contribution in [3.63, 3.8) is 0 Å². The van der Waals surface area contributed by atoms with Gasteiger partial charge in [0.25, 0.3) is 0 Å². The number of hydrogen-bond acceptors (Lipinski definition) is 3. The summed E-state index contributed by atoms with van der Waals surface area (Å²) in [7, 11) is 0. The Balaban J connectivity index is 2.17. The molecule has 0 radical (unpaired) electrons. The Bertz CT molecular complexity index is 668. The third-order valence-corrected chi connectivity index (χ3v) is 2.92. The van der Waals surface area contributed by atoms with Crippen molar-refractivity contribution in [1.29, 1.82) is 0 Å². The lowest BCUT2D eigenvalue weighted by Gasteiger charge is -2.02. The fraction of sp³-hybridized carbons (Fsp3) is 0. The fourth-order valence-corrected chi connectivity index (χ4v) is 2.02. The van der Waals surface area contributed by atoms with Crippen LogP contribution in [0.5, 0.6) is 0 Å². The van der Waals surface area contributed by atoms with Crippen molar-refractivity contribution in [3.05, 3.63) is 53.4 Å². The second kappa shape index (κ2) is 4.22. The Hall–Kier alpha value is -1.81. The lowest BCUT2D eigenvalue weighted by Crippen LogP contribution is -1.88. The number of halogens is 1. The predicted molar refractivity (Wildman–Crippen MR) is 70.5 cm³/mol. The minimum atomic E-state index is 0.752. The zero-order valence-electron chi connectivity index (χ0n) is 8.84. The van der Waals surface area contributed by atoms with Crippen molar-refractivity contribution in [1.82, 2.24) is 15.0 Å². The maximum atomic E-state index is 4.53. The van der Waals surface area contributed by atoms with E-state index in [4.69, 9.17) is 0 Å². The van der Waals surface area contributed by atoms with E-state index in [1.165, 1.54) is 0 Å². The lowest BCUT2D eigenvalue weighted by molar-refractivity contribution is 1.26. The van der Waals surface area contributed by atoms with E-state index < -0.39 is 0 Å². The normalized spacial score (nSPS) is 10.6. The maximum Gasteiger partial charge on any atom is 0.159 e. The molecule has 0 saturated carbocycles. The Labute approximate surface area is 107 Å². The summed E-state index contributed by atoms with van der Waals surface area (Å²) in [5.41, 5.74) is 2.71. The molecule has 3 aromatic heterocycles. The summed E-state index contributed by atoms with van der Waals surface area (Å²) in [6.07, 6.45) is 5.28. The molecule has 0 unspecified atom stereocenters. The van der Waals surface area contributed by atoms with Crippen LogP contribution in [0.25, 0.3) is 22.3 Å². The molecule has 4 heteroatoms. The molecule has 0 bridgehead atoms. The zero-order valence-corrected chi connectivity index (χ0v) is 10.4. The summed E-state index contributed by atoms with van der Waals surface area (Å²) >= 11 is 3.40. The van der Waals surface area contributed by atoms with Gasteiger partial charge in [0.1, 0.15) is 0 Å². The smallest absolute Gasteiger partial charge is 0.159 e. The molecule has 0 spiro atoms. The summed E-state index contributed by atoms with van der Waals surface area (Å²) in [5, 5.41) is 1.03. The highest BCUT2D eigenvalue weighted by Crippen LogP contribution is 2.21. The first-order valence-electron chi connectivity index (χ1n) is 5.16. The van der Waals surface area contributed by atoms with Crippen LogP contribution in [-0.4, -0.2) is 15.0 Å². The van der Waals surface area contributed by atoms with Gasteiger partial charge in [-0.3, -0.25) is 4.98 Å². The zero-order chi connectivity index (χ0) is 11.7. The molecule has 3 rings (SSSR count). The molecule has 3 heterocycles. The van der Waals surface area contributed by atoms with Crippen LogP contribution >= 0.6 is 15.9 Å². The lowest BCUT2D eigenvalue weighted by atomic mass is 10.1. The molecule has 0 aliphatic carbocycles. The minimum Gasteiger partial charge on any atom is -0.265 e. The van der Waals surface area contributed by atoms with E-state index in [0.29, 0.717) is 0 Å². The molecular weight excluding hydrogens is 278 g/mol. The molecule has 0 fully saturated rings. The average Bonchev–Trinajstić information content (AvgIpc) is 2.39. The Morgan fingerprint density at radius 2 is 1.82 bits per heavy atom. The second-order valence-electron chi connectivity index (χ2n) is 3.63. The summed E-state index contributed by atoms with van der Waals surface area (Å²) in [6, 6.07) is 9.90. The van der Waals surface area contributed by atoms with Crippen LogP contribution in [0.1, 0.15) is 0 Å². The standard InChI is InChI=1S/C13H8BrN3/c14-11-7-10-1-2-12(17-13(10)16-8-11)9-3-5-15-6-4-9/h1-8H. The molecule has 82 valence electrons. The van der Waals surface area contributed by atoms with E-state index in [1.807, 2.05) is 30.3 Å². The topological polar surface area (TPSA) is 38.7 Å². The van der Waals surface area contributed by atoms with Gasteiger partial charge in [0.05, 0.1) is 5.69 Å². The quantitative estimate of drug-likeness (QED) is 0.687. The first kappa shape index (κ1) is 10.4. The highest BCUT2D eigenvalue weighted by molar-refractivity contribution is 9.10. The van der Waals surface area contributed by atoms with Crippen molar-refractivity contribution >= 4 is 27.0 Å². The van der Waals surface area contributed by atoms with Crippen molar-refractivity contribution in [2.24, 2.45) is 0 Å². The van der Waals surface area contributed by atoms with E-state index in [2.05, 4.69) is 30.9 Å². The van der Waals surface area contributed by atoms with Gasteiger partial charge in [-0.2, -0.15) is 0 Å². The van der Waals surface area contributed by atoms with Crippen LogP contribution in [-0.2, 0) is 0 Å². The maximum absolute atomic E-state index is 4.53. The summed E-state index contributed by atoms with van der Waals surface area (Å²) in [6.45, 7) is 0. The van der Waals surface area contributed by atoms with E-state index in [-0.39, 0.29) is 0 Å². The summed E-state index contributed by atoms with van der Waals surface area (Å²) < 4.78 is 0.962. The molecule has 0 saturated heterocycles. The fourth-order valence-electron chi connectivity index (χ4n) is 1.67. The third-order valence-electron chi connectivity index (χ3n) is 2.48. The monoisotopic (exact) mass is 285 g/mol. The number of fused-ring (bicyclic) bond motifs is 1. The first-order valence-corrected chi connectivity index (χ1v) is 5.95. The van der Waals surface area contributed by atoms with Gasteiger partial charge in [-0.25, -0.2) is 9.97 Å². The van der Waals surface area contributed by atoms with Crippen molar-refractivity contribution in [3.8, 4) is 11.3 Å². The first-order chi connectivity index (χ1) is 8.33. The summed E-state index contributed by atoms with van der Waals surface area (Å²) in [5.74, 6) is 0. The molecule has 0 N–H and O–H groups in total. The van der Waals surface area contributed by atoms with Gasteiger partial charge in [0, 0.05) is 34.0 Å². The van der Waals surface area contributed by atoms with E-state index in [9.17, 15) is 0 Å². The van der Waals surface area contributed by atoms with Crippen LogP contribution in [0.15, 0.2) is 53.4 Å². The third kappa shape index (κ3) is 2.03. The van der Waals surface area contributed by atoms with E-state index in [1.54, 1.807) is 18.6 Å². The van der Waals surface area contributed by atoms with Crippen LogP contribution < -0.4 is 0 Å². The Morgan fingerprint density at radius 1 is 1.00 bits per heavy atom. The van der Waals surface area contributed by atoms with Crippen LogP contribution in [0, 0.1) is 0 Å². The van der Waals surface area contributed by atoms with Crippen LogP contribution in [0.2, 0.25) is 0 Å². The molecule has 0 aliphatic heterocycles. The van der Waals surface area contributed by atoms with Crippen molar-refractivity contribution < 1.29 is 0 Å². The molecule has 0 aliphatic rings. The minimum absolute atomic E-state index is 0.752. The predicted octanol–water partition coefficient (Wildman–Crippen LogP) is 3.45. The molecule has 3 nitrogen and oxygen atoms in total. The largest absolute Gasteiger partial charge is 0.265 e. The number of hydrogen-bond donors (Lipinski definition) is 0. The SMILES string of the molecule is Brc1cnc2nc(-c3ccncc3)ccc2c1. The number of aromatic nitrogens is 3. The highest BCUT2D eigenvalue weighted by Gasteiger charge is 2.02. The highest BCUT2D eigenvalue weighted by atomic mass is 79.9. The van der Waals surface area contributed by atoms with Gasteiger partial charge >= 0.3 is 0 Å². The van der Waals surface area contributed by atoms with Gasteiger partial charge in [0.2, 0.25) is 0 Å². The number of nitrogens with zero attached hydrogens (tertiary/aromatic N) is 3. The van der Waals surface area contributed by atoms with E-state index in [0.717, 1.165) is 26.8 Å². The van der Waals surface area contributed by atoms with Gasteiger partial charge in [0.15, 0.2) is 5.65 Å². The second-order valence-corrected chi connectivity index (χ2v) is 4.55. The number of rotatable bonds is 1. The number of pyridine rings is 3. The molecule has 0 amide bonds. The van der Waals surface area contributed by atoms with Crippen molar-refractivity contribution in [2.75, 3.05) is 0 Å².